The molecule has 1 aromatic carbocycles. The fourth-order valence-electron chi connectivity index (χ4n) is 1.32. The van der Waals surface area contributed by atoms with Gasteiger partial charge in [0.2, 0.25) is 0 Å². The minimum absolute atomic E-state index is 0.0452. The van der Waals surface area contributed by atoms with Crippen molar-refractivity contribution in [3.8, 4) is 5.75 Å². The van der Waals surface area contributed by atoms with Crippen LogP contribution >= 0.6 is 0 Å². The lowest BCUT2D eigenvalue weighted by Gasteiger charge is -2.23. The van der Waals surface area contributed by atoms with Crippen molar-refractivity contribution in [3.63, 3.8) is 0 Å². The molecule has 1 unspecified atom stereocenters. The number of hydrogen-bond acceptors (Lipinski definition) is 2. The standard InChI is InChI=1S/C15H22O2/c1-6-13-7-9-14(10-8-13)17-12(2)11-16-15(3,4)5/h6-10,12H,1,11H2,2-5H3. The molecule has 2 heteroatoms. The Labute approximate surface area is 104 Å². The van der Waals surface area contributed by atoms with Crippen LogP contribution in [-0.4, -0.2) is 18.3 Å². The lowest BCUT2D eigenvalue weighted by atomic mass is 10.2. The molecule has 0 heterocycles. The SMILES string of the molecule is C=Cc1ccc(OC(C)COC(C)(C)C)cc1. The van der Waals surface area contributed by atoms with Crippen LogP contribution in [0.25, 0.3) is 6.08 Å². The Morgan fingerprint density at radius 2 is 1.82 bits per heavy atom. The van der Waals surface area contributed by atoms with Crippen molar-refractivity contribution in [2.24, 2.45) is 0 Å². The second-order valence-electron chi connectivity index (χ2n) is 5.13. The molecular formula is C15H22O2. The molecule has 0 aliphatic rings. The van der Waals surface area contributed by atoms with Gasteiger partial charge in [0.1, 0.15) is 11.9 Å². The molecule has 0 radical (unpaired) electrons. The molecule has 0 amide bonds. The molecule has 0 saturated carbocycles. The van der Waals surface area contributed by atoms with E-state index < -0.39 is 0 Å². The maximum Gasteiger partial charge on any atom is 0.119 e. The quantitative estimate of drug-likeness (QED) is 0.769. The zero-order valence-corrected chi connectivity index (χ0v) is 11.2. The molecule has 0 fully saturated rings. The predicted octanol–water partition coefficient (Wildman–Crippen LogP) is 3.91. The number of benzene rings is 1. The molecule has 94 valence electrons. The van der Waals surface area contributed by atoms with E-state index in [0.29, 0.717) is 6.61 Å². The third-order valence-corrected chi connectivity index (χ3v) is 2.20. The van der Waals surface area contributed by atoms with Crippen LogP contribution in [-0.2, 0) is 4.74 Å². The van der Waals surface area contributed by atoms with Gasteiger partial charge in [-0.05, 0) is 45.4 Å². The molecule has 0 aliphatic carbocycles. The Morgan fingerprint density at radius 3 is 2.29 bits per heavy atom. The molecule has 0 bridgehead atoms. The van der Waals surface area contributed by atoms with E-state index in [-0.39, 0.29) is 11.7 Å². The average molecular weight is 234 g/mol. The second kappa shape index (κ2) is 5.87. The molecular weight excluding hydrogens is 212 g/mol. The molecule has 0 N–H and O–H groups in total. The van der Waals surface area contributed by atoms with Crippen molar-refractivity contribution in [2.75, 3.05) is 6.61 Å². The number of ether oxygens (including phenoxy) is 2. The highest BCUT2D eigenvalue weighted by Crippen LogP contribution is 2.15. The molecule has 2 nitrogen and oxygen atoms in total. The summed E-state index contributed by atoms with van der Waals surface area (Å²) in [5.41, 5.74) is 0.973. The highest BCUT2D eigenvalue weighted by Gasteiger charge is 2.13. The van der Waals surface area contributed by atoms with Crippen LogP contribution in [0.4, 0.5) is 0 Å². The Morgan fingerprint density at radius 1 is 1.24 bits per heavy atom. The lowest BCUT2D eigenvalue weighted by Crippen LogP contribution is -2.27. The van der Waals surface area contributed by atoms with Gasteiger partial charge in [-0.15, -0.1) is 0 Å². The summed E-state index contributed by atoms with van der Waals surface area (Å²) in [7, 11) is 0. The predicted molar refractivity (Wildman–Crippen MR) is 72.3 cm³/mol. The van der Waals surface area contributed by atoms with E-state index in [1.807, 2.05) is 58.0 Å². The van der Waals surface area contributed by atoms with Gasteiger partial charge >= 0.3 is 0 Å². The van der Waals surface area contributed by atoms with Gasteiger partial charge in [-0.25, -0.2) is 0 Å². The summed E-state index contributed by atoms with van der Waals surface area (Å²) in [6.45, 7) is 12.4. The molecule has 1 aromatic rings. The van der Waals surface area contributed by atoms with Crippen LogP contribution < -0.4 is 4.74 Å². The molecule has 0 spiro atoms. The summed E-state index contributed by atoms with van der Waals surface area (Å²) in [4.78, 5) is 0. The average Bonchev–Trinajstić information content (AvgIpc) is 2.27. The monoisotopic (exact) mass is 234 g/mol. The van der Waals surface area contributed by atoms with E-state index in [0.717, 1.165) is 11.3 Å². The zero-order valence-electron chi connectivity index (χ0n) is 11.2. The molecule has 0 saturated heterocycles. The van der Waals surface area contributed by atoms with Gasteiger partial charge in [-0.1, -0.05) is 24.8 Å². The topological polar surface area (TPSA) is 18.5 Å². The van der Waals surface area contributed by atoms with Crippen molar-refractivity contribution in [1.82, 2.24) is 0 Å². The van der Waals surface area contributed by atoms with E-state index in [1.54, 1.807) is 0 Å². The molecule has 1 rings (SSSR count). The van der Waals surface area contributed by atoms with E-state index in [2.05, 4.69) is 6.58 Å². The van der Waals surface area contributed by atoms with Gasteiger partial charge in [0.05, 0.1) is 12.2 Å². The Hall–Kier alpha value is -1.28. The van der Waals surface area contributed by atoms with E-state index >= 15 is 0 Å². The third-order valence-electron chi connectivity index (χ3n) is 2.20. The largest absolute Gasteiger partial charge is 0.488 e. The zero-order chi connectivity index (χ0) is 12.9. The second-order valence-corrected chi connectivity index (χ2v) is 5.13. The minimum atomic E-state index is -0.121. The van der Waals surface area contributed by atoms with Crippen LogP contribution in [0.5, 0.6) is 5.75 Å². The minimum Gasteiger partial charge on any atom is -0.488 e. The van der Waals surface area contributed by atoms with Crippen LogP contribution in [0.2, 0.25) is 0 Å². The first-order chi connectivity index (χ1) is 7.90. The highest BCUT2D eigenvalue weighted by atomic mass is 16.5. The van der Waals surface area contributed by atoms with E-state index in [1.165, 1.54) is 0 Å². The van der Waals surface area contributed by atoms with Crippen molar-refractivity contribution < 1.29 is 9.47 Å². The van der Waals surface area contributed by atoms with Crippen LogP contribution in [0.1, 0.15) is 33.3 Å². The van der Waals surface area contributed by atoms with Gasteiger partial charge in [-0.3, -0.25) is 0 Å². The van der Waals surface area contributed by atoms with Crippen LogP contribution in [0, 0.1) is 0 Å². The van der Waals surface area contributed by atoms with Crippen molar-refractivity contribution in [2.45, 2.75) is 39.4 Å². The summed E-state index contributed by atoms with van der Waals surface area (Å²) < 4.78 is 11.4. The van der Waals surface area contributed by atoms with E-state index in [9.17, 15) is 0 Å². The summed E-state index contributed by atoms with van der Waals surface area (Å²) in [5.74, 6) is 0.862. The normalized spacial score (nSPS) is 13.2. The van der Waals surface area contributed by atoms with Gasteiger partial charge < -0.3 is 9.47 Å². The fraction of sp³-hybridized carbons (Fsp3) is 0.467. The van der Waals surface area contributed by atoms with Crippen molar-refractivity contribution in [1.29, 1.82) is 0 Å². The maximum absolute atomic E-state index is 5.75. The first-order valence-electron chi connectivity index (χ1n) is 5.94. The summed E-state index contributed by atoms with van der Waals surface area (Å²) in [6.07, 6.45) is 1.86. The molecule has 0 aliphatic heterocycles. The van der Waals surface area contributed by atoms with Gasteiger partial charge in [0.15, 0.2) is 0 Å². The maximum atomic E-state index is 5.75. The van der Waals surface area contributed by atoms with E-state index in [4.69, 9.17) is 9.47 Å². The lowest BCUT2D eigenvalue weighted by molar-refractivity contribution is -0.0374. The third kappa shape index (κ3) is 5.55. The Bertz CT molecular complexity index is 346. The fourth-order valence-corrected chi connectivity index (χ4v) is 1.32. The smallest absolute Gasteiger partial charge is 0.119 e. The molecule has 17 heavy (non-hydrogen) atoms. The van der Waals surface area contributed by atoms with Gasteiger partial charge in [0, 0.05) is 0 Å². The summed E-state index contributed by atoms with van der Waals surface area (Å²) in [5, 5.41) is 0. The van der Waals surface area contributed by atoms with Crippen molar-refractivity contribution in [3.05, 3.63) is 36.4 Å². The molecule has 0 aromatic heterocycles. The van der Waals surface area contributed by atoms with Crippen LogP contribution in [0.3, 0.4) is 0 Å². The highest BCUT2D eigenvalue weighted by molar-refractivity contribution is 5.48. The van der Waals surface area contributed by atoms with Gasteiger partial charge in [0.25, 0.3) is 0 Å². The first kappa shape index (κ1) is 13.8. The molecule has 1 atom stereocenters. The Balaban J connectivity index is 2.44. The Kier molecular flexibility index (Phi) is 4.76. The van der Waals surface area contributed by atoms with Gasteiger partial charge in [-0.2, -0.15) is 0 Å². The first-order valence-corrected chi connectivity index (χ1v) is 5.94. The van der Waals surface area contributed by atoms with Crippen molar-refractivity contribution >= 4 is 6.08 Å². The van der Waals surface area contributed by atoms with Crippen LogP contribution in [0.15, 0.2) is 30.8 Å². The summed E-state index contributed by atoms with van der Waals surface area (Å²) >= 11 is 0. The number of hydrogen-bond donors (Lipinski definition) is 0. The summed E-state index contributed by atoms with van der Waals surface area (Å²) in [6, 6.07) is 7.87. The number of rotatable bonds is 5.